The van der Waals surface area contributed by atoms with Crippen LogP contribution in [0.15, 0.2) is 30.3 Å². The molecule has 1 aromatic carbocycles. The van der Waals surface area contributed by atoms with Gasteiger partial charge in [0.1, 0.15) is 11.7 Å². The van der Waals surface area contributed by atoms with Gasteiger partial charge in [-0.2, -0.15) is 5.26 Å². The van der Waals surface area contributed by atoms with Crippen LogP contribution in [0.4, 0.5) is 0 Å². The number of carbonyl (C=O) groups is 2. The number of hydrogen-bond acceptors (Lipinski definition) is 5. The molecular weight excluding hydrogens is 294 g/mol. The van der Waals surface area contributed by atoms with Crippen molar-refractivity contribution in [1.82, 2.24) is 0 Å². The lowest BCUT2D eigenvalue weighted by atomic mass is 9.79. The van der Waals surface area contributed by atoms with Crippen LogP contribution < -0.4 is 0 Å². The fourth-order valence-corrected chi connectivity index (χ4v) is 2.90. The third-order valence-corrected chi connectivity index (χ3v) is 4.07. The minimum atomic E-state index is -1.04. The van der Waals surface area contributed by atoms with Crippen molar-refractivity contribution in [3.63, 3.8) is 0 Å². The van der Waals surface area contributed by atoms with Crippen LogP contribution in [0.1, 0.15) is 44.6 Å². The molecule has 122 valence electrons. The average Bonchev–Trinajstić information content (AvgIpc) is 2.55. The average molecular weight is 315 g/mol. The molecule has 1 aliphatic rings. The van der Waals surface area contributed by atoms with Crippen molar-refractivity contribution in [3.05, 3.63) is 35.9 Å². The zero-order valence-electron chi connectivity index (χ0n) is 13.3. The van der Waals surface area contributed by atoms with Crippen molar-refractivity contribution in [1.29, 1.82) is 5.26 Å². The first-order valence-electron chi connectivity index (χ1n) is 7.84. The van der Waals surface area contributed by atoms with Crippen LogP contribution >= 0.6 is 0 Å². The lowest BCUT2D eigenvalue weighted by Gasteiger charge is -2.36. The number of ether oxygens (including phenoxy) is 2. The Labute approximate surface area is 136 Å². The van der Waals surface area contributed by atoms with Crippen LogP contribution in [-0.4, -0.2) is 23.5 Å². The molecule has 1 aliphatic carbocycles. The smallest absolute Gasteiger partial charge is 0.303 e. The van der Waals surface area contributed by atoms with E-state index in [-0.39, 0.29) is 12.2 Å². The number of hydrogen-bond donors (Lipinski definition) is 0. The highest BCUT2D eigenvalue weighted by atomic mass is 16.5. The van der Waals surface area contributed by atoms with E-state index < -0.39 is 17.7 Å². The zero-order chi connectivity index (χ0) is 16.7. The molecule has 0 spiro atoms. The molecule has 0 radical (unpaired) electrons. The van der Waals surface area contributed by atoms with Gasteiger partial charge in [-0.1, -0.05) is 30.3 Å². The van der Waals surface area contributed by atoms with Gasteiger partial charge < -0.3 is 9.47 Å². The first-order valence-corrected chi connectivity index (χ1v) is 7.84. The first-order chi connectivity index (χ1) is 11.1. The second kappa shape index (κ2) is 7.89. The first kappa shape index (κ1) is 17.2. The molecule has 1 saturated carbocycles. The predicted octanol–water partition coefficient (Wildman–Crippen LogP) is 2.93. The predicted molar refractivity (Wildman–Crippen MR) is 83.2 cm³/mol. The summed E-state index contributed by atoms with van der Waals surface area (Å²) < 4.78 is 11.0. The van der Waals surface area contributed by atoms with Crippen molar-refractivity contribution < 1.29 is 19.1 Å². The van der Waals surface area contributed by atoms with Gasteiger partial charge in [-0.3, -0.25) is 9.59 Å². The lowest BCUT2D eigenvalue weighted by Crippen LogP contribution is -2.46. The van der Waals surface area contributed by atoms with Gasteiger partial charge in [0, 0.05) is 19.8 Å². The van der Waals surface area contributed by atoms with Gasteiger partial charge >= 0.3 is 5.97 Å². The number of esters is 1. The standard InChI is InChI=1S/C18H21NO4/c1-14(20)23-16(12-19)11-18(10-6-5-9-17(18)21)22-13-15-7-3-2-4-8-15/h2-4,7-8,16H,5-6,9-11,13H2,1H3/t16?,18-/m1/s1. The largest absolute Gasteiger partial charge is 0.447 e. The Hall–Kier alpha value is -2.19. The van der Waals surface area contributed by atoms with Crippen LogP contribution in [0.2, 0.25) is 0 Å². The van der Waals surface area contributed by atoms with Crippen LogP contribution in [0, 0.1) is 11.3 Å². The van der Waals surface area contributed by atoms with Gasteiger partial charge in [-0.05, 0) is 24.8 Å². The summed E-state index contributed by atoms with van der Waals surface area (Å²) in [6, 6.07) is 11.5. The molecule has 0 saturated heterocycles. The van der Waals surface area contributed by atoms with E-state index in [1.54, 1.807) is 0 Å². The molecule has 1 unspecified atom stereocenters. The van der Waals surface area contributed by atoms with E-state index in [1.807, 2.05) is 36.4 Å². The van der Waals surface area contributed by atoms with Gasteiger partial charge in [0.05, 0.1) is 6.61 Å². The summed E-state index contributed by atoms with van der Waals surface area (Å²) in [6.07, 6.45) is 1.81. The van der Waals surface area contributed by atoms with Gasteiger partial charge in [-0.15, -0.1) is 0 Å². The van der Waals surface area contributed by atoms with Crippen LogP contribution in [0.25, 0.3) is 0 Å². The maximum Gasteiger partial charge on any atom is 0.303 e. The summed E-state index contributed by atoms with van der Waals surface area (Å²) in [6.45, 7) is 1.55. The van der Waals surface area contributed by atoms with Gasteiger partial charge in [0.25, 0.3) is 0 Å². The second-order valence-corrected chi connectivity index (χ2v) is 5.83. The van der Waals surface area contributed by atoms with E-state index in [2.05, 4.69) is 0 Å². The minimum Gasteiger partial charge on any atom is -0.447 e. The minimum absolute atomic E-state index is 0.00733. The molecule has 1 fully saturated rings. The van der Waals surface area contributed by atoms with E-state index in [0.717, 1.165) is 18.4 Å². The van der Waals surface area contributed by atoms with E-state index in [0.29, 0.717) is 19.4 Å². The van der Waals surface area contributed by atoms with Crippen molar-refractivity contribution in [2.24, 2.45) is 0 Å². The van der Waals surface area contributed by atoms with Crippen molar-refractivity contribution in [2.75, 3.05) is 0 Å². The Morgan fingerprint density at radius 3 is 2.70 bits per heavy atom. The maximum absolute atomic E-state index is 12.5. The molecule has 0 aliphatic heterocycles. The number of ketones is 1. The number of nitriles is 1. The summed E-state index contributed by atoms with van der Waals surface area (Å²) in [5, 5.41) is 9.20. The molecule has 0 bridgehead atoms. The van der Waals surface area contributed by atoms with Crippen molar-refractivity contribution >= 4 is 11.8 Å². The quantitative estimate of drug-likeness (QED) is 0.754. The lowest BCUT2D eigenvalue weighted by molar-refractivity contribution is -0.162. The summed E-state index contributed by atoms with van der Waals surface area (Å²) in [5.41, 5.74) is -0.0736. The highest BCUT2D eigenvalue weighted by molar-refractivity contribution is 5.88. The molecule has 5 nitrogen and oxygen atoms in total. The molecule has 2 rings (SSSR count). The van der Waals surface area contributed by atoms with Crippen molar-refractivity contribution in [3.8, 4) is 6.07 Å². The van der Waals surface area contributed by atoms with Gasteiger partial charge in [0.15, 0.2) is 11.9 Å². The zero-order valence-corrected chi connectivity index (χ0v) is 13.3. The fourth-order valence-electron chi connectivity index (χ4n) is 2.90. The highest BCUT2D eigenvalue weighted by Gasteiger charge is 2.43. The van der Waals surface area contributed by atoms with E-state index in [4.69, 9.17) is 9.47 Å². The Bertz CT molecular complexity index is 593. The third kappa shape index (κ3) is 4.64. The molecule has 1 aromatic rings. The van der Waals surface area contributed by atoms with E-state index in [1.165, 1.54) is 6.92 Å². The Kier molecular flexibility index (Phi) is 5.89. The molecule has 0 heterocycles. The van der Waals surface area contributed by atoms with Gasteiger partial charge in [0.2, 0.25) is 0 Å². The summed E-state index contributed by atoms with van der Waals surface area (Å²) in [7, 11) is 0. The van der Waals surface area contributed by atoms with E-state index >= 15 is 0 Å². The molecule has 0 aromatic heterocycles. The maximum atomic E-state index is 12.5. The number of carbonyl (C=O) groups excluding carboxylic acids is 2. The number of rotatable bonds is 6. The van der Waals surface area contributed by atoms with E-state index in [9.17, 15) is 14.9 Å². The molecule has 23 heavy (non-hydrogen) atoms. The molecule has 0 amide bonds. The van der Waals surface area contributed by atoms with Crippen LogP contribution in [0.5, 0.6) is 0 Å². The molecule has 0 N–H and O–H groups in total. The third-order valence-electron chi connectivity index (χ3n) is 4.07. The Morgan fingerprint density at radius 2 is 2.09 bits per heavy atom. The second-order valence-electron chi connectivity index (χ2n) is 5.83. The molecular formula is C18H21NO4. The fraction of sp³-hybridized carbons (Fsp3) is 0.500. The normalized spacial score (nSPS) is 22.2. The summed E-state index contributed by atoms with van der Waals surface area (Å²) in [4.78, 5) is 23.6. The van der Waals surface area contributed by atoms with Crippen LogP contribution in [-0.2, 0) is 25.7 Å². The summed E-state index contributed by atoms with van der Waals surface area (Å²) in [5.74, 6) is -0.537. The number of Topliss-reactive ketones (excluding diaryl/α,β-unsaturated/α-hetero) is 1. The SMILES string of the molecule is CC(=O)OC(C#N)C[C@]1(OCc2ccccc2)CCCCC1=O. The monoisotopic (exact) mass is 315 g/mol. The number of nitrogens with zero attached hydrogens (tertiary/aromatic N) is 1. The number of benzene rings is 1. The van der Waals surface area contributed by atoms with Crippen LogP contribution in [0.3, 0.4) is 0 Å². The summed E-state index contributed by atoms with van der Waals surface area (Å²) >= 11 is 0. The van der Waals surface area contributed by atoms with Crippen molar-refractivity contribution in [2.45, 2.75) is 57.3 Å². The Morgan fingerprint density at radius 1 is 1.35 bits per heavy atom. The Balaban J connectivity index is 2.13. The van der Waals surface area contributed by atoms with Gasteiger partial charge in [-0.25, -0.2) is 0 Å². The topological polar surface area (TPSA) is 76.4 Å². The molecule has 2 atom stereocenters. The highest BCUT2D eigenvalue weighted by Crippen LogP contribution is 2.34. The molecule has 5 heteroatoms.